The van der Waals surface area contributed by atoms with Gasteiger partial charge in [0.15, 0.2) is 0 Å². The molecule has 2 rings (SSSR count). The molecule has 1 heterocycles. The first-order chi connectivity index (χ1) is 9.91. The van der Waals surface area contributed by atoms with Crippen LogP contribution in [0.5, 0.6) is 0 Å². The minimum Gasteiger partial charge on any atom is -0.271 e. The van der Waals surface area contributed by atoms with E-state index in [0.717, 1.165) is 10.5 Å². The molecule has 21 heavy (non-hydrogen) atoms. The lowest BCUT2D eigenvalue weighted by Crippen LogP contribution is -2.31. The predicted molar refractivity (Wildman–Crippen MR) is 77.1 cm³/mol. The first-order valence-corrected chi connectivity index (χ1v) is 6.94. The SMILES string of the molecule is NNC(Cc1ccc(Br)cn1)c1ccccc1C(F)(F)F. The van der Waals surface area contributed by atoms with Crippen LogP contribution >= 0.6 is 15.9 Å². The average molecular weight is 360 g/mol. The topological polar surface area (TPSA) is 50.9 Å². The smallest absolute Gasteiger partial charge is 0.271 e. The number of hydrazine groups is 1. The third kappa shape index (κ3) is 4.03. The van der Waals surface area contributed by atoms with E-state index in [1.54, 1.807) is 24.4 Å². The highest BCUT2D eigenvalue weighted by atomic mass is 79.9. The number of halogens is 4. The Bertz CT molecular complexity index is 599. The summed E-state index contributed by atoms with van der Waals surface area (Å²) in [7, 11) is 0. The molecule has 0 radical (unpaired) electrons. The van der Waals surface area contributed by atoms with Crippen LogP contribution in [-0.2, 0) is 12.6 Å². The van der Waals surface area contributed by atoms with Gasteiger partial charge in [-0.2, -0.15) is 13.2 Å². The standard InChI is InChI=1S/C14H13BrF3N3/c15-9-5-6-10(20-8-9)7-13(21-19)11-3-1-2-4-12(11)14(16,17)18/h1-6,8,13,21H,7,19H2. The quantitative estimate of drug-likeness (QED) is 0.647. The molecule has 0 aliphatic heterocycles. The first kappa shape index (κ1) is 15.9. The molecule has 1 aromatic carbocycles. The number of hydrogen-bond acceptors (Lipinski definition) is 3. The van der Waals surface area contributed by atoms with E-state index in [4.69, 9.17) is 5.84 Å². The summed E-state index contributed by atoms with van der Waals surface area (Å²) in [5, 5.41) is 0. The maximum absolute atomic E-state index is 13.0. The molecular formula is C14H13BrF3N3. The van der Waals surface area contributed by atoms with E-state index in [-0.39, 0.29) is 12.0 Å². The van der Waals surface area contributed by atoms with Crippen LogP contribution in [0.1, 0.15) is 22.9 Å². The second-order valence-electron chi connectivity index (χ2n) is 4.48. The minimum absolute atomic E-state index is 0.109. The van der Waals surface area contributed by atoms with Gasteiger partial charge in [0.1, 0.15) is 0 Å². The molecule has 3 N–H and O–H groups in total. The summed E-state index contributed by atoms with van der Waals surface area (Å²) >= 11 is 3.26. The van der Waals surface area contributed by atoms with Crippen LogP contribution in [0.25, 0.3) is 0 Å². The molecular weight excluding hydrogens is 347 g/mol. The van der Waals surface area contributed by atoms with Gasteiger partial charge >= 0.3 is 6.18 Å². The predicted octanol–water partition coefficient (Wildman–Crippen LogP) is 3.61. The van der Waals surface area contributed by atoms with Gasteiger partial charge in [0.25, 0.3) is 0 Å². The summed E-state index contributed by atoms with van der Waals surface area (Å²) in [5.41, 5.74) is 2.51. The summed E-state index contributed by atoms with van der Waals surface area (Å²) in [5.74, 6) is 5.44. The molecule has 0 saturated carbocycles. The molecule has 3 nitrogen and oxygen atoms in total. The van der Waals surface area contributed by atoms with Crippen molar-refractivity contribution in [1.82, 2.24) is 10.4 Å². The Balaban J connectivity index is 2.32. The van der Waals surface area contributed by atoms with Crippen molar-refractivity contribution in [2.45, 2.75) is 18.6 Å². The summed E-state index contributed by atoms with van der Waals surface area (Å²) in [6.07, 6.45) is -2.56. The highest BCUT2D eigenvalue weighted by molar-refractivity contribution is 9.10. The lowest BCUT2D eigenvalue weighted by Gasteiger charge is -2.20. The molecule has 1 unspecified atom stereocenters. The van der Waals surface area contributed by atoms with Crippen molar-refractivity contribution in [3.8, 4) is 0 Å². The number of nitrogens with two attached hydrogens (primary N) is 1. The molecule has 0 saturated heterocycles. The van der Waals surface area contributed by atoms with E-state index in [1.165, 1.54) is 12.1 Å². The number of nitrogens with one attached hydrogen (secondary N) is 1. The zero-order chi connectivity index (χ0) is 15.5. The summed E-state index contributed by atoms with van der Waals surface area (Å²) in [6, 6.07) is 8.25. The Kier molecular flexibility index (Phi) is 4.97. The number of benzene rings is 1. The van der Waals surface area contributed by atoms with Crippen LogP contribution in [0.4, 0.5) is 13.2 Å². The number of aromatic nitrogens is 1. The van der Waals surface area contributed by atoms with Crippen LogP contribution in [0.3, 0.4) is 0 Å². The van der Waals surface area contributed by atoms with Gasteiger partial charge in [-0.05, 0) is 39.7 Å². The summed E-state index contributed by atoms with van der Waals surface area (Å²) in [6.45, 7) is 0. The monoisotopic (exact) mass is 359 g/mol. The highest BCUT2D eigenvalue weighted by Gasteiger charge is 2.34. The van der Waals surface area contributed by atoms with E-state index < -0.39 is 17.8 Å². The number of pyridine rings is 1. The molecule has 1 aromatic heterocycles. The fourth-order valence-electron chi connectivity index (χ4n) is 2.05. The van der Waals surface area contributed by atoms with Crippen LogP contribution in [0.15, 0.2) is 47.1 Å². The first-order valence-electron chi connectivity index (χ1n) is 6.14. The fourth-order valence-corrected chi connectivity index (χ4v) is 2.29. The normalized spacial score (nSPS) is 13.2. The summed E-state index contributed by atoms with van der Waals surface area (Å²) in [4.78, 5) is 4.16. The molecule has 0 fully saturated rings. The van der Waals surface area contributed by atoms with Gasteiger partial charge in [0, 0.05) is 22.8 Å². The Morgan fingerprint density at radius 2 is 1.90 bits per heavy atom. The van der Waals surface area contributed by atoms with Gasteiger partial charge < -0.3 is 0 Å². The molecule has 0 aliphatic carbocycles. The van der Waals surface area contributed by atoms with Crippen LogP contribution < -0.4 is 11.3 Å². The number of nitrogens with zero attached hydrogens (tertiary/aromatic N) is 1. The fraction of sp³-hybridized carbons (Fsp3) is 0.214. The van der Waals surface area contributed by atoms with Crippen molar-refractivity contribution in [2.24, 2.45) is 5.84 Å². The zero-order valence-electron chi connectivity index (χ0n) is 10.9. The molecule has 7 heteroatoms. The molecule has 0 aliphatic rings. The Morgan fingerprint density at radius 1 is 1.19 bits per heavy atom. The van der Waals surface area contributed by atoms with Gasteiger partial charge in [-0.3, -0.25) is 16.3 Å². The zero-order valence-corrected chi connectivity index (χ0v) is 12.4. The van der Waals surface area contributed by atoms with Crippen LogP contribution in [0.2, 0.25) is 0 Å². The van der Waals surface area contributed by atoms with Gasteiger partial charge in [0.05, 0.1) is 11.6 Å². The number of rotatable bonds is 4. The Labute approximate surface area is 128 Å². The minimum atomic E-state index is -4.42. The van der Waals surface area contributed by atoms with E-state index in [9.17, 15) is 13.2 Å². The highest BCUT2D eigenvalue weighted by Crippen LogP contribution is 2.35. The van der Waals surface area contributed by atoms with Gasteiger partial charge in [-0.25, -0.2) is 0 Å². The van der Waals surface area contributed by atoms with Crippen LogP contribution in [-0.4, -0.2) is 4.98 Å². The second-order valence-corrected chi connectivity index (χ2v) is 5.39. The van der Waals surface area contributed by atoms with Gasteiger partial charge in [0.2, 0.25) is 0 Å². The van der Waals surface area contributed by atoms with Crippen LogP contribution in [0, 0.1) is 0 Å². The molecule has 0 amide bonds. The van der Waals surface area contributed by atoms with Crippen molar-refractivity contribution in [3.05, 3.63) is 63.9 Å². The Morgan fingerprint density at radius 3 is 2.48 bits per heavy atom. The lowest BCUT2D eigenvalue weighted by molar-refractivity contribution is -0.138. The molecule has 112 valence electrons. The van der Waals surface area contributed by atoms with E-state index in [1.807, 2.05) is 0 Å². The third-order valence-electron chi connectivity index (χ3n) is 3.04. The van der Waals surface area contributed by atoms with E-state index in [2.05, 4.69) is 26.3 Å². The van der Waals surface area contributed by atoms with Crippen molar-refractivity contribution < 1.29 is 13.2 Å². The van der Waals surface area contributed by atoms with Crippen molar-refractivity contribution in [1.29, 1.82) is 0 Å². The number of alkyl halides is 3. The molecule has 2 aromatic rings. The maximum Gasteiger partial charge on any atom is 0.416 e. The number of hydrogen-bond donors (Lipinski definition) is 2. The lowest BCUT2D eigenvalue weighted by atomic mass is 9.96. The third-order valence-corrected chi connectivity index (χ3v) is 3.51. The van der Waals surface area contributed by atoms with Crippen molar-refractivity contribution in [3.63, 3.8) is 0 Å². The van der Waals surface area contributed by atoms with Gasteiger partial charge in [-0.15, -0.1) is 0 Å². The average Bonchev–Trinajstić information content (AvgIpc) is 2.46. The maximum atomic E-state index is 13.0. The van der Waals surface area contributed by atoms with Gasteiger partial charge in [-0.1, -0.05) is 18.2 Å². The largest absolute Gasteiger partial charge is 0.416 e. The van der Waals surface area contributed by atoms with Crippen molar-refractivity contribution >= 4 is 15.9 Å². The molecule has 0 spiro atoms. The van der Waals surface area contributed by atoms with E-state index >= 15 is 0 Å². The molecule has 0 bridgehead atoms. The Hall–Kier alpha value is -1.44. The summed E-state index contributed by atoms with van der Waals surface area (Å²) < 4.78 is 39.9. The second kappa shape index (κ2) is 6.55. The van der Waals surface area contributed by atoms with E-state index in [0.29, 0.717) is 5.69 Å². The molecule has 1 atom stereocenters. The van der Waals surface area contributed by atoms with Crippen molar-refractivity contribution in [2.75, 3.05) is 0 Å².